The summed E-state index contributed by atoms with van der Waals surface area (Å²) in [6.45, 7) is 6.07. The molecule has 3 atom stereocenters. The number of ether oxygens (including phenoxy) is 4. The second kappa shape index (κ2) is 9.95. The number of carbonyl (C=O) groups excluding carboxylic acids is 1. The number of pyridine rings is 1. The number of benzene rings is 1. The Balaban J connectivity index is 1.45. The Bertz CT molecular complexity index is 1040. The van der Waals surface area contributed by atoms with Crippen LogP contribution in [0.3, 0.4) is 0 Å². The van der Waals surface area contributed by atoms with Crippen LogP contribution in [0, 0.1) is 5.82 Å². The van der Waals surface area contributed by atoms with Crippen molar-refractivity contribution < 1.29 is 28.1 Å². The number of hydrogen-bond acceptors (Lipinski definition) is 7. The van der Waals surface area contributed by atoms with Gasteiger partial charge in [-0.1, -0.05) is 6.07 Å². The molecule has 1 N–H and O–H groups in total. The zero-order valence-corrected chi connectivity index (χ0v) is 19.5. The van der Waals surface area contributed by atoms with E-state index in [2.05, 4.69) is 10.3 Å². The van der Waals surface area contributed by atoms with Crippen LogP contribution in [0.2, 0.25) is 0 Å². The lowest BCUT2D eigenvalue weighted by Gasteiger charge is -2.33. The van der Waals surface area contributed by atoms with Gasteiger partial charge in [0.15, 0.2) is 0 Å². The van der Waals surface area contributed by atoms with Gasteiger partial charge in [0.25, 0.3) is 5.91 Å². The molecule has 1 aromatic heterocycles. The number of fused-ring (bicyclic) bond motifs is 2. The molecule has 34 heavy (non-hydrogen) atoms. The molecule has 2 fully saturated rings. The van der Waals surface area contributed by atoms with Crippen LogP contribution in [-0.4, -0.2) is 55.6 Å². The Morgan fingerprint density at radius 2 is 2.09 bits per heavy atom. The average molecular weight is 472 g/mol. The third kappa shape index (κ3) is 4.93. The Morgan fingerprint density at radius 1 is 1.21 bits per heavy atom. The van der Waals surface area contributed by atoms with E-state index in [0.29, 0.717) is 55.6 Å². The predicted molar refractivity (Wildman–Crippen MR) is 124 cm³/mol. The first kappa shape index (κ1) is 23.2. The molecule has 1 amide bonds. The lowest BCUT2D eigenvalue weighted by Crippen LogP contribution is -2.44. The number of carbonyl (C=O) groups is 1. The Hall–Kier alpha value is -2.59. The maximum atomic E-state index is 14.0. The third-order valence-electron chi connectivity index (χ3n) is 6.26. The Morgan fingerprint density at radius 3 is 2.82 bits per heavy atom. The number of amides is 1. The zero-order valence-electron chi connectivity index (χ0n) is 19.5. The highest BCUT2D eigenvalue weighted by atomic mass is 19.1. The molecule has 182 valence electrons. The number of rotatable bonds is 4. The van der Waals surface area contributed by atoms with Gasteiger partial charge in [-0.3, -0.25) is 4.79 Å². The highest BCUT2D eigenvalue weighted by Crippen LogP contribution is 2.38. The molecule has 1 aromatic carbocycles. The SMILES string of the molecule is CC(C)O[C@H]1CC[C@H](C(=O)N2Cc3cc(F)cnc3Nc3ccc([C@H]4COCCO4)cc32)OC1. The quantitative estimate of drug-likeness (QED) is 0.725. The van der Waals surface area contributed by atoms with E-state index >= 15 is 0 Å². The van der Waals surface area contributed by atoms with Crippen molar-refractivity contribution in [2.75, 3.05) is 36.6 Å². The van der Waals surface area contributed by atoms with Gasteiger partial charge in [-0.2, -0.15) is 0 Å². The van der Waals surface area contributed by atoms with E-state index in [-0.39, 0.29) is 30.8 Å². The van der Waals surface area contributed by atoms with Crippen molar-refractivity contribution in [1.29, 1.82) is 0 Å². The van der Waals surface area contributed by atoms with Crippen LogP contribution in [0.15, 0.2) is 30.5 Å². The van der Waals surface area contributed by atoms with Crippen LogP contribution >= 0.6 is 0 Å². The van der Waals surface area contributed by atoms with E-state index in [1.54, 1.807) is 4.90 Å². The third-order valence-corrected chi connectivity index (χ3v) is 6.26. The smallest absolute Gasteiger partial charge is 0.256 e. The molecule has 8 nitrogen and oxygen atoms in total. The Kier molecular flexibility index (Phi) is 6.78. The number of hydrogen-bond donors (Lipinski definition) is 1. The number of aromatic nitrogens is 1. The first-order valence-electron chi connectivity index (χ1n) is 11.8. The molecule has 2 aromatic rings. The molecule has 2 saturated heterocycles. The molecule has 0 radical (unpaired) electrons. The summed E-state index contributed by atoms with van der Waals surface area (Å²) < 4.78 is 37.3. The lowest BCUT2D eigenvalue weighted by atomic mass is 10.0. The molecule has 5 rings (SSSR count). The van der Waals surface area contributed by atoms with Gasteiger partial charge in [-0.05, 0) is 50.5 Å². The van der Waals surface area contributed by atoms with Gasteiger partial charge in [0, 0.05) is 5.56 Å². The van der Waals surface area contributed by atoms with Crippen molar-refractivity contribution in [1.82, 2.24) is 4.98 Å². The van der Waals surface area contributed by atoms with Gasteiger partial charge >= 0.3 is 0 Å². The highest BCUT2D eigenvalue weighted by Gasteiger charge is 2.34. The van der Waals surface area contributed by atoms with E-state index in [9.17, 15) is 9.18 Å². The molecule has 3 aliphatic rings. The summed E-state index contributed by atoms with van der Waals surface area (Å²) in [5.74, 6) is -0.0889. The number of anilines is 3. The summed E-state index contributed by atoms with van der Waals surface area (Å²) >= 11 is 0. The van der Waals surface area contributed by atoms with Gasteiger partial charge in [-0.15, -0.1) is 0 Å². The highest BCUT2D eigenvalue weighted by molar-refractivity contribution is 6.01. The molecule has 0 aliphatic carbocycles. The fraction of sp³-hybridized carbons (Fsp3) is 0.520. The monoisotopic (exact) mass is 471 g/mol. The van der Waals surface area contributed by atoms with Crippen LogP contribution < -0.4 is 10.2 Å². The maximum absolute atomic E-state index is 14.0. The van der Waals surface area contributed by atoms with Crippen molar-refractivity contribution in [3.05, 3.63) is 47.4 Å². The van der Waals surface area contributed by atoms with Crippen LogP contribution in [0.5, 0.6) is 0 Å². The van der Waals surface area contributed by atoms with Gasteiger partial charge in [0.05, 0.1) is 62.8 Å². The fourth-order valence-corrected chi connectivity index (χ4v) is 4.64. The molecule has 3 aliphatic heterocycles. The fourth-order valence-electron chi connectivity index (χ4n) is 4.64. The van der Waals surface area contributed by atoms with Crippen molar-refractivity contribution in [3.63, 3.8) is 0 Å². The Labute approximate surface area is 198 Å². The standard InChI is InChI=1S/C25H30FN3O5/c1-15(2)34-19-4-6-22(33-13-19)25(30)29-12-17-9-18(26)11-27-24(17)28-20-5-3-16(10-21(20)29)23-14-31-7-8-32-23/h3,5,9-11,15,19,22-23H,4,6-8,12-14H2,1-2H3,(H,27,28)/t19-,22+,23+/m0/s1. The normalized spacial score (nSPS) is 24.7. The summed E-state index contributed by atoms with van der Waals surface area (Å²) in [4.78, 5) is 19.6. The maximum Gasteiger partial charge on any atom is 0.256 e. The predicted octanol–water partition coefficient (Wildman–Crippen LogP) is 3.87. The van der Waals surface area contributed by atoms with E-state index in [4.69, 9.17) is 18.9 Å². The zero-order chi connectivity index (χ0) is 23.7. The molecular formula is C25H30FN3O5. The average Bonchev–Trinajstić information content (AvgIpc) is 3.00. The number of nitrogens with zero attached hydrogens (tertiary/aromatic N) is 2. The topological polar surface area (TPSA) is 82.2 Å². The second-order valence-electron chi connectivity index (χ2n) is 9.13. The summed E-state index contributed by atoms with van der Waals surface area (Å²) in [6, 6.07) is 7.20. The van der Waals surface area contributed by atoms with E-state index in [0.717, 1.165) is 12.0 Å². The van der Waals surface area contributed by atoms with Crippen LogP contribution in [0.1, 0.15) is 43.9 Å². The molecular weight excluding hydrogens is 441 g/mol. The molecule has 0 spiro atoms. The van der Waals surface area contributed by atoms with Gasteiger partial charge < -0.3 is 29.2 Å². The minimum Gasteiger partial charge on any atom is -0.376 e. The van der Waals surface area contributed by atoms with Crippen LogP contribution in [0.25, 0.3) is 0 Å². The van der Waals surface area contributed by atoms with Gasteiger partial charge in [0.2, 0.25) is 0 Å². The van der Waals surface area contributed by atoms with Crippen molar-refractivity contribution in [2.24, 2.45) is 0 Å². The molecule has 4 heterocycles. The molecule has 9 heteroatoms. The van der Waals surface area contributed by atoms with E-state index < -0.39 is 11.9 Å². The van der Waals surface area contributed by atoms with Crippen LogP contribution in [-0.2, 0) is 30.3 Å². The molecule has 0 saturated carbocycles. The largest absolute Gasteiger partial charge is 0.376 e. The van der Waals surface area contributed by atoms with Gasteiger partial charge in [-0.25, -0.2) is 9.37 Å². The summed E-state index contributed by atoms with van der Waals surface area (Å²) in [6.07, 6.45) is 1.75. The first-order valence-corrected chi connectivity index (χ1v) is 11.8. The number of nitrogens with one attached hydrogen (secondary N) is 1. The van der Waals surface area contributed by atoms with E-state index in [1.807, 2.05) is 32.0 Å². The summed E-state index contributed by atoms with van der Waals surface area (Å²) in [5, 5.41) is 3.27. The molecule has 0 bridgehead atoms. The molecule has 0 unspecified atom stereocenters. The number of halogens is 1. The first-order chi connectivity index (χ1) is 16.5. The lowest BCUT2D eigenvalue weighted by molar-refractivity contribution is -0.143. The summed E-state index contributed by atoms with van der Waals surface area (Å²) in [7, 11) is 0. The van der Waals surface area contributed by atoms with Crippen LogP contribution in [0.4, 0.5) is 21.6 Å². The summed E-state index contributed by atoms with van der Waals surface area (Å²) in [5.41, 5.74) is 2.90. The minimum absolute atomic E-state index is 0.0174. The van der Waals surface area contributed by atoms with Crippen molar-refractivity contribution >= 4 is 23.1 Å². The minimum atomic E-state index is -0.596. The van der Waals surface area contributed by atoms with Crippen molar-refractivity contribution in [2.45, 2.75) is 57.6 Å². The second-order valence-corrected chi connectivity index (χ2v) is 9.13. The van der Waals surface area contributed by atoms with Gasteiger partial charge in [0.1, 0.15) is 23.8 Å². The van der Waals surface area contributed by atoms with Crippen molar-refractivity contribution in [3.8, 4) is 0 Å². The van der Waals surface area contributed by atoms with E-state index in [1.165, 1.54) is 12.3 Å².